The Hall–Kier alpha value is -0.390. The van der Waals surface area contributed by atoms with E-state index < -0.39 is 23.3 Å². The second kappa shape index (κ2) is 5.09. The number of imide groups is 1. The minimum absolute atomic E-state index is 0. The quantitative estimate of drug-likeness (QED) is 0.470. The molecule has 0 N–H and O–H groups in total. The molecule has 0 spiro atoms. The largest absolute Gasteiger partial charge is 1.00 e. The third-order valence-electron chi connectivity index (χ3n) is 2.81. The van der Waals surface area contributed by atoms with Crippen LogP contribution >= 0.6 is 0 Å². The summed E-state index contributed by atoms with van der Waals surface area (Å²) in [7, 11) is 1.35. The molecule has 0 saturated carbocycles. The SMILES string of the molecule is CCC1(CC)C(=O)N(C)C(=O)N=C1[O-].[Na+]. The molecule has 1 aliphatic rings. The fourth-order valence-electron chi connectivity index (χ4n) is 1.62. The van der Waals surface area contributed by atoms with Crippen molar-refractivity contribution in [3.63, 3.8) is 0 Å². The van der Waals surface area contributed by atoms with Gasteiger partial charge < -0.3 is 5.11 Å². The zero-order chi connectivity index (χ0) is 10.9. The molecule has 0 radical (unpaired) electrons. The van der Waals surface area contributed by atoms with E-state index in [0.717, 1.165) is 4.90 Å². The van der Waals surface area contributed by atoms with E-state index in [1.807, 2.05) is 0 Å². The maximum absolute atomic E-state index is 11.8. The average Bonchev–Trinajstić information content (AvgIpc) is 2.17. The monoisotopic (exact) mass is 220 g/mol. The molecule has 0 atom stereocenters. The predicted molar refractivity (Wildman–Crippen MR) is 48.6 cm³/mol. The Balaban J connectivity index is 0.00000196. The van der Waals surface area contributed by atoms with Crippen LogP contribution in [0.15, 0.2) is 4.99 Å². The molecule has 15 heavy (non-hydrogen) atoms. The molecule has 0 aromatic heterocycles. The van der Waals surface area contributed by atoms with Crippen molar-refractivity contribution >= 4 is 17.8 Å². The zero-order valence-electron chi connectivity index (χ0n) is 9.53. The van der Waals surface area contributed by atoms with Gasteiger partial charge in [0, 0.05) is 7.05 Å². The summed E-state index contributed by atoms with van der Waals surface area (Å²) in [5, 5.41) is 11.5. The number of amides is 3. The summed E-state index contributed by atoms with van der Waals surface area (Å²) >= 11 is 0. The van der Waals surface area contributed by atoms with Crippen molar-refractivity contribution in [3.8, 4) is 0 Å². The summed E-state index contributed by atoms with van der Waals surface area (Å²) in [6.07, 6.45) is 0.755. The first-order valence-corrected chi connectivity index (χ1v) is 4.58. The minimum Gasteiger partial charge on any atom is -0.861 e. The molecule has 0 aliphatic carbocycles. The third-order valence-corrected chi connectivity index (χ3v) is 2.81. The Bertz CT molecular complexity index is 310. The molecule has 5 nitrogen and oxygen atoms in total. The number of hydrogen-bond donors (Lipinski definition) is 0. The van der Waals surface area contributed by atoms with E-state index >= 15 is 0 Å². The van der Waals surface area contributed by atoms with E-state index in [1.165, 1.54) is 7.05 Å². The zero-order valence-corrected chi connectivity index (χ0v) is 11.5. The average molecular weight is 220 g/mol. The van der Waals surface area contributed by atoms with Gasteiger partial charge in [0.15, 0.2) is 0 Å². The van der Waals surface area contributed by atoms with Crippen LogP contribution in [0, 0.1) is 5.41 Å². The molecule has 3 amide bonds. The van der Waals surface area contributed by atoms with Crippen LogP contribution in [-0.4, -0.2) is 29.8 Å². The minimum atomic E-state index is -1.11. The van der Waals surface area contributed by atoms with Gasteiger partial charge in [-0.05, 0) is 18.7 Å². The summed E-state index contributed by atoms with van der Waals surface area (Å²) < 4.78 is 0. The topological polar surface area (TPSA) is 72.8 Å². The summed E-state index contributed by atoms with van der Waals surface area (Å²) in [4.78, 5) is 27.1. The molecule has 1 heterocycles. The van der Waals surface area contributed by atoms with Crippen molar-refractivity contribution < 1.29 is 44.3 Å². The van der Waals surface area contributed by atoms with Crippen LogP contribution in [0.4, 0.5) is 4.79 Å². The number of aliphatic imine (C=N–C) groups is 1. The number of urea groups is 1. The summed E-state index contributed by atoms with van der Waals surface area (Å²) in [5.41, 5.74) is -1.11. The van der Waals surface area contributed by atoms with Gasteiger partial charge in [0.25, 0.3) is 0 Å². The van der Waals surface area contributed by atoms with Gasteiger partial charge >= 0.3 is 35.6 Å². The molecule has 0 bridgehead atoms. The molecule has 0 aromatic rings. The Labute approximate surface area is 111 Å². The van der Waals surface area contributed by atoms with Crippen molar-refractivity contribution in [3.05, 3.63) is 0 Å². The summed E-state index contributed by atoms with van der Waals surface area (Å²) in [5.74, 6) is -1.04. The standard InChI is InChI=1S/C9H14N2O3.Na/c1-4-9(5-2)6(12)10-8(14)11(3)7(9)13;/h4-5H2,1-3H3,(H,10,12,14);/q;+1/p-1. The second-order valence-electron chi connectivity index (χ2n) is 3.35. The molecule has 1 aliphatic heterocycles. The van der Waals surface area contributed by atoms with Crippen molar-refractivity contribution in [2.45, 2.75) is 26.7 Å². The number of rotatable bonds is 2. The van der Waals surface area contributed by atoms with Gasteiger partial charge in [-0.3, -0.25) is 9.69 Å². The Kier molecular flexibility index (Phi) is 4.96. The molecular formula is C9H13N2NaO3. The number of carbonyl (C=O) groups excluding carboxylic acids is 2. The van der Waals surface area contributed by atoms with Gasteiger partial charge in [-0.2, -0.15) is 0 Å². The maximum Gasteiger partial charge on any atom is 1.00 e. The van der Waals surface area contributed by atoms with Gasteiger partial charge in [-0.25, -0.2) is 9.79 Å². The number of hydrogen-bond acceptors (Lipinski definition) is 3. The normalized spacial score (nSPS) is 19.7. The molecule has 1 rings (SSSR count). The van der Waals surface area contributed by atoms with Gasteiger partial charge in [0.2, 0.25) is 5.91 Å². The second-order valence-corrected chi connectivity index (χ2v) is 3.35. The van der Waals surface area contributed by atoms with Crippen LogP contribution in [0.2, 0.25) is 0 Å². The first kappa shape index (κ1) is 14.6. The van der Waals surface area contributed by atoms with Crippen LogP contribution in [-0.2, 0) is 4.79 Å². The van der Waals surface area contributed by atoms with E-state index in [1.54, 1.807) is 13.8 Å². The van der Waals surface area contributed by atoms with E-state index in [9.17, 15) is 14.7 Å². The fraction of sp³-hybridized carbons (Fsp3) is 0.667. The maximum atomic E-state index is 11.8. The van der Waals surface area contributed by atoms with E-state index in [2.05, 4.69) is 4.99 Å². The Morgan fingerprint density at radius 1 is 1.33 bits per heavy atom. The molecule has 0 unspecified atom stereocenters. The van der Waals surface area contributed by atoms with E-state index in [4.69, 9.17) is 0 Å². The third kappa shape index (κ3) is 2.09. The smallest absolute Gasteiger partial charge is 0.861 e. The van der Waals surface area contributed by atoms with Crippen molar-refractivity contribution in [2.75, 3.05) is 7.05 Å². The van der Waals surface area contributed by atoms with Crippen molar-refractivity contribution in [2.24, 2.45) is 10.4 Å². The Morgan fingerprint density at radius 3 is 2.20 bits per heavy atom. The van der Waals surface area contributed by atoms with Crippen molar-refractivity contribution in [1.29, 1.82) is 0 Å². The van der Waals surface area contributed by atoms with Crippen LogP contribution in [0.1, 0.15) is 26.7 Å². The van der Waals surface area contributed by atoms with E-state index in [0.29, 0.717) is 12.8 Å². The van der Waals surface area contributed by atoms with Crippen LogP contribution in [0.25, 0.3) is 0 Å². The van der Waals surface area contributed by atoms with Gasteiger partial charge in [-0.15, -0.1) is 0 Å². The molecule has 78 valence electrons. The summed E-state index contributed by atoms with van der Waals surface area (Å²) in [6.45, 7) is 3.50. The first-order valence-electron chi connectivity index (χ1n) is 4.58. The number of carbonyl (C=O) groups is 2. The fourth-order valence-corrected chi connectivity index (χ4v) is 1.62. The molecule has 0 aromatic carbocycles. The van der Waals surface area contributed by atoms with Gasteiger partial charge in [0.05, 0.1) is 5.41 Å². The van der Waals surface area contributed by atoms with Crippen molar-refractivity contribution in [1.82, 2.24) is 4.90 Å². The molecule has 6 heteroatoms. The first-order chi connectivity index (χ1) is 6.49. The van der Waals surface area contributed by atoms with E-state index in [-0.39, 0.29) is 29.6 Å². The predicted octanol–water partition coefficient (Wildman–Crippen LogP) is -2.85. The molecular weight excluding hydrogens is 207 g/mol. The van der Waals surface area contributed by atoms with Gasteiger partial charge in [0.1, 0.15) is 0 Å². The van der Waals surface area contributed by atoms with Gasteiger partial charge in [-0.1, -0.05) is 13.8 Å². The molecule has 0 saturated heterocycles. The Morgan fingerprint density at radius 2 is 1.80 bits per heavy atom. The van der Waals surface area contributed by atoms with Crippen LogP contribution in [0.5, 0.6) is 0 Å². The summed E-state index contributed by atoms with van der Waals surface area (Å²) in [6, 6.07) is -0.766. The van der Waals surface area contributed by atoms with Crippen LogP contribution < -0.4 is 34.7 Å². The molecule has 0 fully saturated rings. The van der Waals surface area contributed by atoms with Crippen LogP contribution in [0.3, 0.4) is 0 Å². The number of nitrogens with zero attached hydrogens (tertiary/aromatic N) is 2.